The largest absolute Gasteiger partial charge is 0.454 e. The van der Waals surface area contributed by atoms with Crippen LogP contribution in [0.4, 0.5) is 0 Å². The van der Waals surface area contributed by atoms with Crippen molar-refractivity contribution < 1.29 is 14.3 Å². The molecule has 1 rings (SSSR count). The SMILES string of the molecule is C=Cc1ccccc1C(=O)OCC=O. The van der Waals surface area contributed by atoms with Crippen LogP contribution in [-0.2, 0) is 9.53 Å². The number of carbonyl (C=O) groups is 2. The number of aldehydes is 1. The number of ether oxygens (including phenoxy) is 1. The smallest absolute Gasteiger partial charge is 0.339 e. The van der Waals surface area contributed by atoms with E-state index in [-0.39, 0.29) is 6.61 Å². The maximum absolute atomic E-state index is 11.4. The van der Waals surface area contributed by atoms with E-state index >= 15 is 0 Å². The molecule has 72 valence electrons. The summed E-state index contributed by atoms with van der Waals surface area (Å²) < 4.78 is 4.66. The molecule has 0 N–H and O–H groups in total. The monoisotopic (exact) mass is 190 g/mol. The highest BCUT2D eigenvalue weighted by Crippen LogP contribution is 2.10. The topological polar surface area (TPSA) is 43.4 Å². The molecule has 0 fully saturated rings. The molecule has 0 aliphatic heterocycles. The molecule has 0 aliphatic rings. The van der Waals surface area contributed by atoms with Gasteiger partial charge in [0, 0.05) is 0 Å². The van der Waals surface area contributed by atoms with Crippen molar-refractivity contribution in [1.29, 1.82) is 0 Å². The zero-order chi connectivity index (χ0) is 10.4. The van der Waals surface area contributed by atoms with Gasteiger partial charge in [-0.25, -0.2) is 4.79 Å². The molecule has 3 heteroatoms. The zero-order valence-corrected chi connectivity index (χ0v) is 7.60. The second-order valence-corrected chi connectivity index (χ2v) is 2.56. The summed E-state index contributed by atoms with van der Waals surface area (Å²) in [6.07, 6.45) is 2.10. The van der Waals surface area contributed by atoms with Crippen LogP contribution in [0.2, 0.25) is 0 Å². The summed E-state index contributed by atoms with van der Waals surface area (Å²) in [5, 5.41) is 0. The quantitative estimate of drug-likeness (QED) is 0.536. The lowest BCUT2D eigenvalue weighted by atomic mass is 10.1. The van der Waals surface area contributed by atoms with Crippen molar-refractivity contribution in [2.75, 3.05) is 6.61 Å². The third kappa shape index (κ3) is 2.29. The second-order valence-electron chi connectivity index (χ2n) is 2.56. The first kappa shape index (κ1) is 10.2. The Hall–Kier alpha value is -1.90. The molecule has 0 saturated heterocycles. The molecule has 0 aromatic heterocycles. The molecule has 0 radical (unpaired) electrons. The molecule has 0 heterocycles. The predicted octanol–water partition coefficient (Wildman–Crippen LogP) is 1.69. The minimum Gasteiger partial charge on any atom is -0.454 e. The highest BCUT2D eigenvalue weighted by Gasteiger charge is 2.09. The molecule has 0 bridgehead atoms. The van der Waals surface area contributed by atoms with E-state index in [0.717, 1.165) is 0 Å². The molecule has 1 aromatic carbocycles. The standard InChI is InChI=1S/C11H10O3/c1-2-9-5-3-4-6-10(9)11(13)14-8-7-12/h2-7H,1,8H2. The zero-order valence-electron chi connectivity index (χ0n) is 7.60. The highest BCUT2D eigenvalue weighted by atomic mass is 16.5. The summed E-state index contributed by atoms with van der Waals surface area (Å²) in [6.45, 7) is 3.36. The van der Waals surface area contributed by atoms with Crippen LogP contribution >= 0.6 is 0 Å². The normalized spacial score (nSPS) is 9.14. The van der Waals surface area contributed by atoms with E-state index in [1.54, 1.807) is 30.3 Å². The van der Waals surface area contributed by atoms with Gasteiger partial charge < -0.3 is 4.74 Å². The molecule has 1 aromatic rings. The first-order valence-corrected chi connectivity index (χ1v) is 4.12. The van der Waals surface area contributed by atoms with Crippen LogP contribution in [0.25, 0.3) is 6.08 Å². The molecule has 0 unspecified atom stereocenters. The van der Waals surface area contributed by atoms with Crippen molar-refractivity contribution in [2.45, 2.75) is 0 Å². The predicted molar refractivity (Wildman–Crippen MR) is 52.9 cm³/mol. The number of hydrogen-bond acceptors (Lipinski definition) is 3. The molecule has 3 nitrogen and oxygen atoms in total. The van der Waals surface area contributed by atoms with E-state index in [4.69, 9.17) is 0 Å². The van der Waals surface area contributed by atoms with E-state index in [1.165, 1.54) is 0 Å². The average Bonchev–Trinajstić information content (AvgIpc) is 2.25. The van der Waals surface area contributed by atoms with E-state index in [2.05, 4.69) is 11.3 Å². The van der Waals surface area contributed by atoms with E-state index in [9.17, 15) is 9.59 Å². The first-order chi connectivity index (χ1) is 6.79. The average molecular weight is 190 g/mol. The minimum absolute atomic E-state index is 0.218. The fourth-order valence-electron chi connectivity index (χ4n) is 1.05. The lowest BCUT2D eigenvalue weighted by Crippen LogP contribution is -2.08. The Balaban J connectivity index is 2.88. The van der Waals surface area contributed by atoms with Gasteiger partial charge in [0.05, 0.1) is 5.56 Å². The summed E-state index contributed by atoms with van der Waals surface area (Å²) in [5.74, 6) is -0.507. The van der Waals surface area contributed by atoms with Gasteiger partial charge in [-0.2, -0.15) is 0 Å². The number of carbonyl (C=O) groups excluding carboxylic acids is 2. The second kappa shape index (κ2) is 4.97. The van der Waals surface area contributed by atoms with Crippen LogP contribution in [-0.4, -0.2) is 18.9 Å². The Kier molecular flexibility index (Phi) is 3.61. The summed E-state index contributed by atoms with van der Waals surface area (Å²) in [7, 11) is 0. The van der Waals surface area contributed by atoms with Crippen molar-refractivity contribution in [2.24, 2.45) is 0 Å². The number of esters is 1. The van der Waals surface area contributed by atoms with E-state index in [0.29, 0.717) is 17.4 Å². The van der Waals surface area contributed by atoms with Crippen molar-refractivity contribution in [1.82, 2.24) is 0 Å². The fourth-order valence-corrected chi connectivity index (χ4v) is 1.05. The molecular weight excluding hydrogens is 180 g/mol. The summed E-state index contributed by atoms with van der Waals surface area (Å²) in [4.78, 5) is 21.4. The van der Waals surface area contributed by atoms with Gasteiger partial charge in [-0.1, -0.05) is 30.9 Å². The summed E-state index contributed by atoms with van der Waals surface area (Å²) >= 11 is 0. The summed E-state index contributed by atoms with van der Waals surface area (Å²) in [6, 6.07) is 6.91. The Bertz CT molecular complexity index is 355. The van der Waals surface area contributed by atoms with Gasteiger partial charge in [0.25, 0.3) is 0 Å². The Labute approximate surface area is 82.0 Å². The van der Waals surface area contributed by atoms with Gasteiger partial charge in [-0.15, -0.1) is 0 Å². The van der Waals surface area contributed by atoms with Crippen molar-refractivity contribution >= 4 is 18.3 Å². The number of rotatable bonds is 4. The summed E-state index contributed by atoms with van der Waals surface area (Å²) in [5.41, 5.74) is 1.12. The Morgan fingerprint density at radius 3 is 2.79 bits per heavy atom. The van der Waals surface area contributed by atoms with Gasteiger partial charge in [0.1, 0.15) is 6.61 Å². The van der Waals surface area contributed by atoms with E-state index in [1.807, 2.05) is 0 Å². The van der Waals surface area contributed by atoms with Gasteiger partial charge in [-0.3, -0.25) is 4.79 Å². The van der Waals surface area contributed by atoms with E-state index < -0.39 is 5.97 Å². The molecule has 0 atom stereocenters. The van der Waals surface area contributed by atoms with Crippen LogP contribution in [0.3, 0.4) is 0 Å². The fraction of sp³-hybridized carbons (Fsp3) is 0.0909. The van der Waals surface area contributed by atoms with Crippen LogP contribution in [0.15, 0.2) is 30.8 Å². The third-order valence-corrected chi connectivity index (χ3v) is 1.68. The lowest BCUT2D eigenvalue weighted by Gasteiger charge is -2.03. The lowest BCUT2D eigenvalue weighted by molar-refractivity contribution is -0.110. The van der Waals surface area contributed by atoms with Crippen molar-refractivity contribution in [3.05, 3.63) is 42.0 Å². The highest BCUT2D eigenvalue weighted by molar-refractivity contribution is 5.93. The molecule has 0 spiro atoms. The first-order valence-electron chi connectivity index (χ1n) is 4.12. The molecule has 0 saturated carbocycles. The Morgan fingerprint density at radius 2 is 2.14 bits per heavy atom. The Morgan fingerprint density at radius 1 is 1.43 bits per heavy atom. The van der Waals surface area contributed by atoms with Gasteiger partial charge in [-0.05, 0) is 11.6 Å². The van der Waals surface area contributed by atoms with Crippen molar-refractivity contribution in [3.8, 4) is 0 Å². The molecule has 0 aliphatic carbocycles. The molecule has 0 amide bonds. The third-order valence-electron chi connectivity index (χ3n) is 1.68. The number of hydrogen-bond donors (Lipinski definition) is 0. The van der Waals surface area contributed by atoms with Gasteiger partial charge in [0.15, 0.2) is 6.29 Å². The van der Waals surface area contributed by atoms with Gasteiger partial charge >= 0.3 is 5.97 Å². The van der Waals surface area contributed by atoms with Crippen LogP contribution in [0.5, 0.6) is 0 Å². The maximum Gasteiger partial charge on any atom is 0.339 e. The van der Waals surface area contributed by atoms with Crippen LogP contribution in [0, 0.1) is 0 Å². The maximum atomic E-state index is 11.4. The molecule has 14 heavy (non-hydrogen) atoms. The van der Waals surface area contributed by atoms with Crippen LogP contribution < -0.4 is 0 Å². The van der Waals surface area contributed by atoms with Gasteiger partial charge in [0.2, 0.25) is 0 Å². The van der Waals surface area contributed by atoms with Crippen molar-refractivity contribution in [3.63, 3.8) is 0 Å². The number of benzene rings is 1. The minimum atomic E-state index is -0.507. The molecular formula is C11H10O3. The van der Waals surface area contributed by atoms with Crippen LogP contribution in [0.1, 0.15) is 15.9 Å².